The number of aromatic amines is 1. The predicted octanol–water partition coefficient (Wildman–Crippen LogP) is 1.39. The molecule has 184 valence electrons. The summed E-state index contributed by atoms with van der Waals surface area (Å²) in [5, 5.41) is 0. The number of piperazine rings is 1. The van der Waals surface area contributed by atoms with E-state index in [9.17, 15) is 23.6 Å². The van der Waals surface area contributed by atoms with Gasteiger partial charge in [0.15, 0.2) is 0 Å². The number of hydrogen-bond acceptors (Lipinski definition) is 6. The third-order valence-electron chi connectivity index (χ3n) is 6.09. The first-order valence-electron chi connectivity index (χ1n) is 11.6. The molecule has 1 aromatic carbocycles. The molecular formula is C24H31FN4O5. The van der Waals surface area contributed by atoms with Gasteiger partial charge in [-0.15, -0.1) is 0 Å². The zero-order valence-electron chi connectivity index (χ0n) is 19.8. The number of benzene rings is 1. The van der Waals surface area contributed by atoms with Crippen LogP contribution in [-0.4, -0.2) is 70.1 Å². The molecule has 0 aliphatic carbocycles. The molecule has 1 aliphatic rings. The van der Waals surface area contributed by atoms with Crippen LogP contribution in [0.15, 0.2) is 34.0 Å². The quantitative estimate of drug-likeness (QED) is 0.580. The Morgan fingerprint density at radius 3 is 2.62 bits per heavy atom. The van der Waals surface area contributed by atoms with E-state index >= 15 is 0 Å². The molecule has 0 bridgehead atoms. The van der Waals surface area contributed by atoms with Crippen molar-refractivity contribution in [2.45, 2.75) is 46.2 Å². The lowest BCUT2D eigenvalue weighted by molar-refractivity contribution is -0.145. The second kappa shape index (κ2) is 11.2. The van der Waals surface area contributed by atoms with Crippen LogP contribution in [0.3, 0.4) is 0 Å². The van der Waals surface area contributed by atoms with E-state index in [1.54, 1.807) is 11.8 Å². The molecule has 10 heteroatoms. The lowest BCUT2D eigenvalue weighted by Gasteiger charge is -2.40. The van der Waals surface area contributed by atoms with Gasteiger partial charge < -0.3 is 9.64 Å². The van der Waals surface area contributed by atoms with Gasteiger partial charge in [0.2, 0.25) is 0 Å². The van der Waals surface area contributed by atoms with Crippen LogP contribution >= 0.6 is 0 Å². The van der Waals surface area contributed by atoms with Gasteiger partial charge in [-0.3, -0.25) is 28.8 Å². The number of esters is 1. The Balaban J connectivity index is 1.81. The van der Waals surface area contributed by atoms with Crippen molar-refractivity contribution in [1.29, 1.82) is 0 Å². The van der Waals surface area contributed by atoms with Gasteiger partial charge in [-0.25, -0.2) is 9.18 Å². The fraction of sp³-hybridized carbons (Fsp3) is 0.500. The Kier molecular flexibility index (Phi) is 8.38. The number of ether oxygens (including phenoxy) is 1. The molecule has 0 spiro atoms. The SMILES string of the molecule is CCOC(=O)C[C@@H]1CN(C(=O)c2cc(Cn3cc(CC)c(=O)[nH]c3=O)ccc2F)CCN1CC. The van der Waals surface area contributed by atoms with Crippen molar-refractivity contribution >= 4 is 11.9 Å². The summed E-state index contributed by atoms with van der Waals surface area (Å²) < 4.78 is 21.1. The Bertz CT molecular complexity index is 1160. The van der Waals surface area contributed by atoms with Crippen molar-refractivity contribution < 1.29 is 18.7 Å². The zero-order valence-corrected chi connectivity index (χ0v) is 19.8. The maximum absolute atomic E-state index is 14.7. The molecule has 1 fully saturated rings. The van der Waals surface area contributed by atoms with E-state index in [0.29, 0.717) is 30.6 Å². The number of halogens is 1. The molecule has 0 saturated carbocycles. The highest BCUT2D eigenvalue weighted by atomic mass is 19.1. The second-order valence-corrected chi connectivity index (χ2v) is 8.25. The van der Waals surface area contributed by atoms with Crippen molar-refractivity contribution in [2.24, 2.45) is 0 Å². The van der Waals surface area contributed by atoms with E-state index < -0.39 is 23.0 Å². The Labute approximate surface area is 197 Å². The summed E-state index contributed by atoms with van der Waals surface area (Å²) in [6.07, 6.45) is 2.10. The molecule has 3 rings (SSSR count). The van der Waals surface area contributed by atoms with E-state index in [4.69, 9.17) is 4.74 Å². The van der Waals surface area contributed by atoms with Gasteiger partial charge in [-0.2, -0.15) is 0 Å². The van der Waals surface area contributed by atoms with E-state index in [1.165, 1.54) is 29.0 Å². The highest BCUT2D eigenvalue weighted by Gasteiger charge is 2.32. The number of nitrogens with zero attached hydrogens (tertiary/aromatic N) is 3. The Morgan fingerprint density at radius 2 is 1.94 bits per heavy atom. The van der Waals surface area contributed by atoms with Crippen LogP contribution in [0, 0.1) is 5.82 Å². The molecule has 1 N–H and O–H groups in total. The van der Waals surface area contributed by atoms with Crippen LogP contribution in [0.5, 0.6) is 0 Å². The molecule has 1 saturated heterocycles. The van der Waals surface area contributed by atoms with Crippen molar-refractivity contribution in [3.8, 4) is 0 Å². The minimum atomic E-state index is -0.656. The molecule has 1 amide bonds. The molecule has 1 aliphatic heterocycles. The number of hydrogen-bond donors (Lipinski definition) is 1. The third-order valence-corrected chi connectivity index (χ3v) is 6.09. The van der Waals surface area contributed by atoms with Gasteiger partial charge in [-0.05, 0) is 37.6 Å². The van der Waals surface area contributed by atoms with Crippen molar-refractivity contribution in [2.75, 3.05) is 32.8 Å². The van der Waals surface area contributed by atoms with Gasteiger partial charge in [0.05, 0.1) is 25.1 Å². The van der Waals surface area contributed by atoms with Crippen LogP contribution < -0.4 is 11.2 Å². The number of likely N-dealkylation sites (N-methyl/N-ethyl adjacent to an activating group) is 1. The standard InChI is InChI=1S/C24H31FN4O5/c1-4-17-14-29(24(33)26-22(17)31)13-16-7-8-20(25)19(11-16)23(32)28-10-9-27(5-2)18(15-28)12-21(30)34-6-3/h7-8,11,14,18H,4-6,9-10,12-13,15H2,1-3H3,(H,26,31,33)/t18-/m1/s1. The van der Waals surface area contributed by atoms with Gasteiger partial charge in [0, 0.05) is 37.4 Å². The fourth-order valence-electron chi connectivity index (χ4n) is 4.23. The average molecular weight is 475 g/mol. The number of nitrogens with one attached hydrogen (secondary N) is 1. The number of carbonyl (C=O) groups excluding carboxylic acids is 2. The normalized spacial score (nSPS) is 16.5. The second-order valence-electron chi connectivity index (χ2n) is 8.25. The number of aryl methyl sites for hydroxylation is 1. The number of H-pyrrole nitrogens is 1. The fourth-order valence-corrected chi connectivity index (χ4v) is 4.23. The number of amides is 1. The lowest BCUT2D eigenvalue weighted by atomic mass is 10.0. The zero-order chi connectivity index (χ0) is 24.8. The molecule has 34 heavy (non-hydrogen) atoms. The minimum Gasteiger partial charge on any atom is -0.466 e. The Hall–Kier alpha value is -3.27. The van der Waals surface area contributed by atoms with E-state index in [-0.39, 0.29) is 43.7 Å². The highest BCUT2D eigenvalue weighted by molar-refractivity contribution is 5.94. The van der Waals surface area contributed by atoms with E-state index in [0.717, 1.165) is 6.54 Å². The third kappa shape index (κ3) is 5.80. The molecule has 2 aromatic rings. The maximum Gasteiger partial charge on any atom is 0.328 e. The average Bonchev–Trinajstić information content (AvgIpc) is 2.81. The molecule has 0 unspecified atom stereocenters. The lowest BCUT2D eigenvalue weighted by Crippen LogP contribution is -2.55. The maximum atomic E-state index is 14.7. The summed E-state index contributed by atoms with van der Waals surface area (Å²) >= 11 is 0. The smallest absolute Gasteiger partial charge is 0.328 e. The molecule has 0 radical (unpaired) electrons. The van der Waals surface area contributed by atoms with Crippen LogP contribution in [0.25, 0.3) is 0 Å². The minimum absolute atomic E-state index is 0.0816. The van der Waals surface area contributed by atoms with E-state index in [2.05, 4.69) is 9.88 Å². The molecule has 1 atom stereocenters. The van der Waals surface area contributed by atoms with Crippen molar-refractivity contribution in [1.82, 2.24) is 19.4 Å². The first-order chi connectivity index (χ1) is 16.3. The molecule has 1 aromatic heterocycles. The van der Waals surface area contributed by atoms with Gasteiger partial charge in [-0.1, -0.05) is 19.9 Å². The predicted molar refractivity (Wildman–Crippen MR) is 124 cm³/mol. The number of aromatic nitrogens is 2. The van der Waals surface area contributed by atoms with Gasteiger partial charge in [0.1, 0.15) is 5.82 Å². The summed E-state index contributed by atoms with van der Waals surface area (Å²) in [6.45, 7) is 7.90. The summed E-state index contributed by atoms with van der Waals surface area (Å²) in [4.78, 5) is 55.2. The summed E-state index contributed by atoms with van der Waals surface area (Å²) in [5.74, 6) is -1.45. The number of rotatable bonds is 8. The van der Waals surface area contributed by atoms with Crippen LogP contribution in [0.4, 0.5) is 4.39 Å². The van der Waals surface area contributed by atoms with Crippen molar-refractivity contribution in [3.05, 3.63) is 67.7 Å². The van der Waals surface area contributed by atoms with Crippen LogP contribution in [0.2, 0.25) is 0 Å². The monoisotopic (exact) mass is 474 g/mol. The van der Waals surface area contributed by atoms with Gasteiger partial charge in [0.25, 0.3) is 11.5 Å². The van der Waals surface area contributed by atoms with E-state index in [1.807, 2.05) is 13.8 Å². The summed E-state index contributed by atoms with van der Waals surface area (Å²) in [7, 11) is 0. The summed E-state index contributed by atoms with van der Waals surface area (Å²) in [6, 6.07) is 3.94. The largest absolute Gasteiger partial charge is 0.466 e. The topological polar surface area (TPSA) is 105 Å². The van der Waals surface area contributed by atoms with Crippen LogP contribution in [0.1, 0.15) is 48.7 Å². The molecular weight excluding hydrogens is 443 g/mol. The first kappa shape index (κ1) is 25.4. The first-order valence-corrected chi connectivity index (χ1v) is 11.6. The Morgan fingerprint density at radius 1 is 1.18 bits per heavy atom. The van der Waals surface area contributed by atoms with Crippen molar-refractivity contribution in [3.63, 3.8) is 0 Å². The van der Waals surface area contributed by atoms with Gasteiger partial charge >= 0.3 is 11.7 Å². The van der Waals surface area contributed by atoms with Crippen LogP contribution in [-0.2, 0) is 22.5 Å². The number of carbonyl (C=O) groups is 2. The highest BCUT2D eigenvalue weighted by Crippen LogP contribution is 2.19. The molecule has 2 heterocycles. The molecule has 9 nitrogen and oxygen atoms in total. The summed E-state index contributed by atoms with van der Waals surface area (Å²) in [5.41, 5.74) is -0.0830.